The molecule has 0 unspecified atom stereocenters. The molecule has 1 aromatic heterocycles. The van der Waals surface area contributed by atoms with E-state index in [1.807, 2.05) is 49.4 Å². The van der Waals surface area contributed by atoms with Crippen LogP contribution >= 0.6 is 23.1 Å². The van der Waals surface area contributed by atoms with Gasteiger partial charge in [0, 0.05) is 26.6 Å². The van der Waals surface area contributed by atoms with Gasteiger partial charge in [0.1, 0.15) is 0 Å². The fourth-order valence-corrected chi connectivity index (χ4v) is 4.98. The number of thioether (sulfide) groups is 1. The van der Waals surface area contributed by atoms with Crippen LogP contribution in [0.2, 0.25) is 0 Å². The van der Waals surface area contributed by atoms with Crippen LogP contribution in [0.15, 0.2) is 77.7 Å². The molecular formula is C27H25N3O4S2. The molecule has 2 amide bonds. The Kier molecular flexibility index (Phi) is 8.24. The van der Waals surface area contributed by atoms with Gasteiger partial charge in [0.2, 0.25) is 5.91 Å². The number of nitrogens with one attached hydrogen (secondary N) is 2. The lowest BCUT2D eigenvalue weighted by atomic mass is 10.1. The number of hydrogen-bond donors (Lipinski definition) is 2. The predicted octanol–water partition coefficient (Wildman–Crippen LogP) is 6.12. The van der Waals surface area contributed by atoms with Crippen molar-refractivity contribution < 1.29 is 19.1 Å². The van der Waals surface area contributed by atoms with Gasteiger partial charge in [0.05, 0.1) is 25.7 Å². The third-order valence-electron chi connectivity index (χ3n) is 5.22. The van der Waals surface area contributed by atoms with E-state index in [1.54, 1.807) is 37.4 Å². The van der Waals surface area contributed by atoms with Gasteiger partial charge in [-0.3, -0.25) is 9.59 Å². The van der Waals surface area contributed by atoms with Crippen LogP contribution in [0.25, 0.3) is 11.3 Å². The van der Waals surface area contributed by atoms with Gasteiger partial charge in [0.25, 0.3) is 5.91 Å². The molecule has 184 valence electrons. The van der Waals surface area contributed by atoms with Crippen molar-refractivity contribution in [2.24, 2.45) is 0 Å². The molecule has 9 heteroatoms. The van der Waals surface area contributed by atoms with Crippen molar-refractivity contribution in [1.29, 1.82) is 0 Å². The average molecular weight is 520 g/mol. The summed E-state index contributed by atoms with van der Waals surface area (Å²) in [6.45, 7) is 2.00. The van der Waals surface area contributed by atoms with Gasteiger partial charge in [-0.2, -0.15) is 0 Å². The Bertz CT molecular complexity index is 1360. The van der Waals surface area contributed by atoms with Gasteiger partial charge in [-0.1, -0.05) is 30.3 Å². The van der Waals surface area contributed by atoms with E-state index in [4.69, 9.17) is 9.47 Å². The summed E-state index contributed by atoms with van der Waals surface area (Å²) in [6, 6.07) is 22.2. The van der Waals surface area contributed by atoms with Gasteiger partial charge in [-0.15, -0.1) is 23.1 Å². The number of methoxy groups -OCH3 is 2. The minimum Gasteiger partial charge on any atom is -0.493 e. The van der Waals surface area contributed by atoms with E-state index in [9.17, 15) is 9.59 Å². The Morgan fingerprint density at radius 2 is 1.64 bits per heavy atom. The lowest BCUT2D eigenvalue weighted by molar-refractivity contribution is -0.113. The van der Waals surface area contributed by atoms with Crippen LogP contribution in [-0.4, -0.2) is 36.8 Å². The minimum atomic E-state index is -0.260. The normalized spacial score (nSPS) is 10.5. The Morgan fingerprint density at radius 3 is 2.33 bits per heavy atom. The standard InChI is InChI=1S/C27H25N3O4S2/c1-17-25(18-7-5-4-6-8-18)30-27(36-17)29-24(31)16-35-21-12-10-20(11-13-21)28-26(32)19-9-14-22(33-2)23(15-19)34-3/h4-15H,16H2,1-3H3,(H,28,32)(H,29,30,31). The zero-order valence-electron chi connectivity index (χ0n) is 20.0. The molecule has 3 aromatic carbocycles. The first-order valence-electron chi connectivity index (χ1n) is 11.1. The van der Waals surface area contributed by atoms with E-state index in [1.165, 1.54) is 30.2 Å². The van der Waals surface area contributed by atoms with Crippen molar-refractivity contribution >= 4 is 45.7 Å². The van der Waals surface area contributed by atoms with E-state index >= 15 is 0 Å². The number of benzene rings is 3. The number of carbonyl (C=O) groups is 2. The highest BCUT2D eigenvalue weighted by atomic mass is 32.2. The summed E-state index contributed by atoms with van der Waals surface area (Å²) in [7, 11) is 3.07. The van der Waals surface area contributed by atoms with Crippen molar-refractivity contribution in [2.75, 3.05) is 30.6 Å². The molecule has 36 heavy (non-hydrogen) atoms. The van der Waals surface area contributed by atoms with Gasteiger partial charge < -0.3 is 20.1 Å². The van der Waals surface area contributed by atoms with Crippen molar-refractivity contribution in [2.45, 2.75) is 11.8 Å². The van der Waals surface area contributed by atoms with Gasteiger partial charge in [0.15, 0.2) is 16.6 Å². The monoisotopic (exact) mass is 519 g/mol. The Hall–Kier alpha value is -3.82. The highest BCUT2D eigenvalue weighted by molar-refractivity contribution is 8.00. The lowest BCUT2D eigenvalue weighted by Gasteiger charge is -2.10. The second-order valence-corrected chi connectivity index (χ2v) is 9.93. The fourth-order valence-electron chi connectivity index (χ4n) is 3.43. The summed E-state index contributed by atoms with van der Waals surface area (Å²) in [5.41, 5.74) is 3.01. The molecule has 1 heterocycles. The number of nitrogens with zero attached hydrogens (tertiary/aromatic N) is 1. The number of hydrogen-bond acceptors (Lipinski definition) is 7. The van der Waals surface area contributed by atoms with Crippen molar-refractivity contribution in [3.8, 4) is 22.8 Å². The molecular weight excluding hydrogens is 494 g/mol. The second kappa shape index (κ2) is 11.7. The Balaban J connectivity index is 1.30. The molecule has 0 aliphatic heterocycles. The summed E-state index contributed by atoms with van der Waals surface area (Å²) < 4.78 is 10.5. The molecule has 0 fully saturated rings. The minimum absolute atomic E-state index is 0.126. The number of thiazole rings is 1. The molecule has 0 spiro atoms. The van der Waals surface area contributed by atoms with E-state index in [-0.39, 0.29) is 17.6 Å². The molecule has 0 aliphatic carbocycles. The topological polar surface area (TPSA) is 89.5 Å². The Morgan fingerprint density at radius 1 is 0.917 bits per heavy atom. The Labute approximate surface area is 217 Å². The van der Waals surface area contributed by atoms with Crippen LogP contribution in [0.4, 0.5) is 10.8 Å². The van der Waals surface area contributed by atoms with Gasteiger partial charge in [-0.25, -0.2) is 4.98 Å². The predicted molar refractivity (Wildman–Crippen MR) is 146 cm³/mol. The van der Waals surface area contributed by atoms with Crippen LogP contribution in [0.3, 0.4) is 0 Å². The quantitative estimate of drug-likeness (QED) is 0.259. The third kappa shape index (κ3) is 6.24. The van der Waals surface area contributed by atoms with E-state index < -0.39 is 0 Å². The molecule has 0 aliphatic rings. The van der Waals surface area contributed by atoms with Gasteiger partial charge in [-0.05, 0) is 49.4 Å². The number of amides is 2. The van der Waals surface area contributed by atoms with Crippen LogP contribution in [0, 0.1) is 6.92 Å². The number of carbonyl (C=O) groups excluding carboxylic acids is 2. The summed E-state index contributed by atoms with van der Waals surface area (Å²) in [4.78, 5) is 31.6. The first kappa shape index (κ1) is 25.3. The zero-order valence-corrected chi connectivity index (χ0v) is 21.7. The SMILES string of the molecule is COc1ccc(C(=O)Nc2ccc(SCC(=O)Nc3nc(-c4ccccc4)c(C)s3)cc2)cc1OC. The van der Waals surface area contributed by atoms with E-state index in [2.05, 4.69) is 15.6 Å². The number of ether oxygens (including phenoxy) is 2. The molecule has 0 atom stereocenters. The third-order valence-corrected chi connectivity index (χ3v) is 7.12. The number of anilines is 2. The first-order valence-corrected chi connectivity index (χ1v) is 12.9. The zero-order chi connectivity index (χ0) is 25.5. The molecule has 0 bridgehead atoms. The maximum Gasteiger partial charge on any atom is 0.255 e. The van der Waals surface area contributed by atoms with Gasteiger partial charge >= 0.3 is 0 Å². The molecule has 0 saturated carbocycles. The van der Waals surface area contributed by atoms with Crippen LogP contribution < -0.4 is 20.1 Å². The maximum atomic E-state index is 12.6. The van der Waals surface area contributed by atoms with Crippen molar-refractivity contribution in [3.05, 3.63) is 83.2 Å². The van der Waals surface area contributed by atoms with E-state index in [0.29, 0.717) is 27.9 Å². The average Bonchev–Trinajstić information content (AvgIpc) is 3.27. The number of aryl methyl sites for hydroxylation is 1. The molecule has 2 N–H and O–H groups in total. The molecule has 7 nitrogen and oxygen atoms in total. The fraction of sp³-hybridized carbons (Fsp3) is 0.148. The largest absolute Gasteiger partial charge is 0.493 e. The molecule has 0 saturated heterocycles. The van der Waals surface area contributed by atoms with Crippen LogP contribution in [0.1, 0.15) is 15.2 Å². The highest BCUT2D eigenvalue weighted by Crippen LogP contribution is 2.31. The van der Waals surface area contributed by atoms with Crippen molar-refractivity contribution in [3.63, 3.8) is 0 Å². The molecule has 4 aromatic rings. The summed E-state index contributed by atoms with van der Waals surface area (Å²) in [5.74, 6) is 0.903. The number of aromatic nitrogens is 1. The highest BCUT2D eigenvalue weighted by Gasteiger charge is 2.13. The number of rotatable bonds is 9. The smallest absolute Gasteiger partial charge is 0.255 e. The summed E-state index contributed by atoms with van der Waals surface area (Å²) >= 11 is 2.87. The van der Waals surface area contributed by atoms with Crippen LogP contribution in [-0.2, 0) is 4.79 Å². The molecule has 4 rings (SSSR count). The lowest BCUT2D eigenvalue weighted by Crippen LogP contribution is -2.13. The second-order valence-electron chi connectivity index (χ2n) is 7.67. The van der Waals surface area contributed by atoms with Crippen molar-refractivity contribution in [1.82, 2.24) is 4.98 Å². The summed E-state index contributed by atoms with van der Waals surface area (Å²) in [6.07, 6.45) is 0. The van der Waals surface area contributed by atoms with E-state index in [0.717, 1.165) is 21.0 Å². The summed E-state index contributed by atoms with van der Waals surface area (Å²) in [5, 5.41) is 6.34. The maximum absolute atomic E-state index is 12.6. The van der Waals surface area contributed by atoms with Crippen LogP contribution in [0.5, 0.6) is 11.5 Å². The molecule has 0 radical (unpaired) electrons. The first-order chi connectivity index (χ1) is 17.5.